The lowest BCUT2D eigenvalue weighted by Crippen LogP contribution is -2.29. The third-order valence-electron chi connectivity index (χ3n) is 5.09. The topological polar surface area (TPSA) is 51.1 Å². The molecule has 174 valence electrons. The van der Waals surface area contributed by atoms with E-state index in [1.54, 1.807) is 12.0 Å². The predicted octanol–water partition coefficient (Wildman–Crippen LogP) is 7.05. The number of methoxy groups -OCH3 is 1. The molecule has 1 fully saturated rings. The monoisotopic (exact) mass is 536 g/mol. The first-order valence-corrected chi connectivity index (χ1v) is 12.6. The van der Waals surface area contributed by atoms with E-state index in [9.17, 15) is 4.79 Å². The maximum absolute atomic E-state index is 13.2. The van der Waals surface area contributed by atoms with Crippen molar-refractivity contribution in [1.82, 2.24) is 4.90 Å². The van der Waals surface area contributed by atoms with Crippen molar-refractivity contribution in [3.8, 4) is 11.5 Å². The number of rotatable bonds is 8. The highest BCUT2D eigenvalue weighted by Gasteiger charge is 2.32. The van der Waals surface area contributed by atoms with Gasteiger partial charge < -0.3 is 9.47 Å². The number of nitrogens with zero attached hydrogens (tertiary/aromatic N) is 2. The number of aliphatic imine (C=N–C) groups is 1. The van der Waals surface area contributed by atoms with Crippen molar-refractivity contribution >= 4 is 50.5 Å². The normalized spacial score (nSPS) is 15.9. The van der Waals surface area contributed by atoms with Gasteiger partial charge >= 0.3 is 0 Å². The van der Waals surface area contributed by atoms with Crippen molar-refractivity contribution in [1.29, 1.82) is 0 Å². The molecular weight excluding hydrogens is 512 g/mol. The summed E-state index contributed by atoms with van der Waals surface area (Å²) in [6, 6.07) is 23.5. The molecule has 1 amide bonds. The lowest BCUT2D eigenvalue weighted by Gasteiger charge is -2.14. The van der Waals surface area contributed by atoms with Crippen LogP contribution in [-0.4, -0.2) is 29.6 Å². The minimum atomic E-state index is -0.0407. The number of benzene rings is 3. The molecule has 0 spiro atoms. The first-order chi connectivity index (χ1) is 16.6. The Hall–Kier alpha value is -3.03. The molecule has 0 saturated carbocycles. The number of hydrogen-bond donors (Lipinski definition) is 0. The van der Waals surface area contributed by atoms with Gasteiger partial charge in [-0.3, -0.25) is 9.69 Å². The Balaban J connectivity index is 1.60. The summed E-state index contributed by atoms with van der Waals surface area (Å²) in [6.45, 7) is 3.10. The summed E-state index contributed by atoms with van der Waals surface area (Å²) < 4.78 is 12.4. The highest BCUT2D eigenvalue weighted by atomic mass is 79.9. The van der Waals surface area contributed by atoms with Crippen molar-refractivity contribution in [2.75, 3.05) is 13.7 Å². The number of carbonyl (C=O) groups is 1. The van der Waals surface area contributed by atoms with E-state index >= 15 is 0 Å². The highest BCUT2D eigenvalue weighted by Crippen LogP contribution is 2.40. The highest BCUT2D eigenvalue weighted by molar-refractivity contribution is 9.10. The van der Waals surface area contributed by atoms with E-state index in [1.807, 2.05) is 78.9 Å². The lowest BCUT2D eigenvalue weighted by molar-refractivity contribution is -0.122. The van der Waals surface area contributed by atoms with Crippen molar-refractivity contribution in [3.05, 3.63) is 93.3 Å². The number of amidine groups is 1. The standard InChI is InChI=1S/C27H25BrN2O3S/c1-3-14-30-26(31)24(34-27(30)29-21-12-8-5-9-13-21)17-20-15-22(28)25(23(16-20)32-2)33-18-19-10-6-4-7-11-19/h4-13,15-17H,3,14,18H2,1-2H3/b24-17+,29-27?. The van der Waals surface area contributed by atoms with Crippen molar-refractivity contribution in [2.24, 2.45) is 4.99 Å². The van der Waals surface area contributed by atoms with E-state index in [2.05, 4.69) is 22.9 Å². The number of carbonyl (C=O) groups excluding carboxylic acids is 1. The van der Waals surface area contributed by atoms with Gasteiger partial charge in [0.05, 0.1) is 22.2 Å². The minimum Gasteiger partial charge on any atom is -0.493 e. The molecule has 4 rings (SSSR count). The summed E-state index contributed by atoms with van der Waals surface area (Å²) in [7, 11) is 1.61. The van der Waals surface area contributed by atoms with Gasteiger partial charge in [0, 0.05) is 6.54 Å². The molecule has 1 aliphatic rings. The quantitative estimate of drug-likeness (QED) is 0.289. The molecule has 7 heteroatoms. The van der Waals surface area contributed by atoms with Gasteiger partial charge in [0.1, 0.15) is 6.61 Å². The minimum absolute atomic E-state index is 0.0407. The van der Waals surface area contributed by atoms with E-state index in [0.29, 0.717) is 34.7 Å². The van der Waals surface area contributed by atoms with Crippen LogP contribution in [-0.2, 0) is 11.4 Å². The third-order valence-corrected chi connectivity index (χ3v) is 6.69. The summed E-state index contributed by atoms with van der Waals surface area (Å²) in [4.78, 5) is 20.2. The van der Waals surface area contributed by atoms with E-state index in [0.717, 1.165) is 27.7 Å². The Morgan fingerprint density at radius 3 is 2.44 bits per heavy atom. The summed E-state index contributed by atoms with van der Waals surface area (Å²) in [6.07, 6.45) is 2.72. The van der Waals surface area contributed by atoms with Crippen LogP contribution in [0.4, 0.5) is 5.69 Å². The van der Waals surface area contributed by atoms with Gasteiger partial charge in [0.2, 0.25) is 0 Å². The van der Waals surface area contributed by atoms with Crippen LogP contribution in [0, 0.1) is 0 Å². The predicted molar refractivity (Wildman–Crippen MR) is 143 cm³/mol. The second-order valence-electron chi connectivity index (χ2n) is 7.61. The van der Waals surface area contributed by atoms with Crippen LogP contribution in [0.25, 0.3) is 6.08 Å². The third kappa shape index (κ3) is 5.72. The number of amides is 1. The van der Waals surface area contributed by atoms with E-state index in [-0.39, 0.29) is 5.91 Å². The van der Waals surface area contributed by atoms with Crippen LogP contribution >= 0.6 is 27.7 Å². The SMILES string of the molecule is CCCN1C(=O)/C(=C\c2cc(Br)c(OCc3ccccc3)c(OC)c2)SC1=Nc1ccccc1. The van der Waals surface area contributed by atoms with E-state index in [4.69, 9.17) is 14.5 Å². The molecule has 0 aliphatic carbocycles. The molecule has 34 heavy (non-hydrogen) atoms. The molecule has 1 aliphatic heterocycles. The molecule has 1 heterocycles. The van der Waals surface area contributed by atoms with E-state index in [1.165, 1.54) is 11.8 Å². The zero-order chi connectivity index (χ0) is 23.9. The van der Waals surface area contributed by atoms with Crippen LogP contribution in [0.15, 0.2) is 87.2 Å². The Kier molecular flexibility index (Phi) is 8.08. The van der Waals surface area contributed by atoms with Gasteiger partial charge in [-0.25, -0.2) is 4.99 Å². The second-order valence-corrected chi connectivity index (χ2v) is 9.47. The largest absolute Gasteiger partial charge is 0.493 e. The van der Waals surface area contributed by atoms with Gasteiger partial charge in [-0.05, 0) is 75.6 Å². The molecule has 0 atom stereocenters. The van der Waals surface area contributed by atoms with Gasteiger partial charge in [-0.2, -0.15) is 0 Å². The first-order valence-electron chi connectivity index (χ1n) is 11.0. The Morgan fingerprint density at radius 2 is 1.76 bits per heavy atom. The van der Waals surface area contributed by atoms with Gasteiger partial charge in [0.25, 0.3) is 5.91 Å². The maximum atomic E-state index is 13.2. The van der Waals surface area contributed by atoms with Gasteiger partial charge in [0.15, 0.2) is 16.7 Å². The first kappa shape index (κ1) is 24.1. The Labute approximate surface area is 212 Å². The van der Waals surface area contributed by atoms with Crippen molar-refractivity contribution in [3.63, 3.8) is 0 Å². The molecule has 1 saturated heterocycles. The Bertz CT molecular complexity index is 1210. The fourth-order valence-electron chi connectivity index (χ4n) is 3.47. The van der Waals surface area contributed by atoms with Crippen LogP contribution in [0.2, 0.25) is 0 Å². The van der Waals surface area contributed by atoms with Gasteiger partial charge in [-0.15, -0.1) is 0 Å². The Morgan fingerprint density at radius 1 is 1.06 bits per heavy atom. The molecule has 0 unspecified atom stereocenters. The summed E-state index contributed by atoms with van der Waals surface area (Å²) in [5.41, 5.74) is 2.73. The zero-order valence-corrected chi connectivity index (χ0v) is 21.4. The molecule has 0 bridgehead atoms. The zero-order valence-electron chi connectivity index (χ0n) is 19.0. The summed E-state index contributed by atoms with van der Waals surface area (Å²) in [5, 5.41) is 0.693. The number of hydrogen-bond acceptors (Lipinski definition) is 5. The van der Waals surface area contributed by atoms with Crippen LogP contribution in [0.5, 0.6) is 11.5 Å². The van der Waals surface area contributed by atoms with E-state index < -0.39 is 0 Å². The fourth-order valence-corrected chi connectivity index (χ4v) is 5.07. The van der Waals surface area contributed by atoms with Crippen LogP contribution in [0.3, 0.4) is 0 Å². The fraction of sp³-hybridized carbons (Fsp3) is 0.185. The van der Waals surface area contributed by atoms with Crippen molar-refractivity contribution < 1.29 is 14.3 Å². The average Bonchev–Trinajstić information content (AvgIpc) is 3.13. The number of thioether (sulfide) groups is 1. The smallest absolute Gasteiger partial charge is 0.266 e. The molecule has 0 N–H and O–H groups in total. The molecule has 0 radical (unpaired) electrons. The molecule has 3 aromatic carbocycles. The molecular formula is C27H25BrN2O3S. The van der Waals surface area contributed by atoms with Gasteiger partial charge in [-0.1, -0.05) is 55.5 Å². The summed E-state index contributed by atoms with van der Waals surface area (Å²) >= 11 is 5.00. The average molecular weight is 537 g/mol. The number of halogens is 1. The second kappa shape index (κ2) is 11.4. The van der Waals surface area contributed by atoms with Crippen LogP contribution in [0.1, 0.15) is 24.5 Å². The van der Waals surface area contributed by atoms with Crippen LogP contribution < -0.4 is 9.47 Å². The summed E-state index contributed by atoms with van der Waals surface area (Å²) in [5.74, 6) is 1.18. The molecule has 0 aromatic heterocycles. The number of ether oxygens (including phenoxy) is 2. The number of para-hydroxylation sites is 1. The van der Waals surface area contributed by atoms with Crippen molar-refractivity contribution in [2.45, 2.75) is 20.0 Å². The molecule has 3 aromatic rings. The maximum Gasteiger partial charge on any atom is 0.266 e. The molecule has 5 nitrogen and oxygen atoms in total. The lowest BCUT2D eigenvalue weighted by atomic mass is 10.1.